The molecular weight excluding hydrogens is 407 g/mol. The number of benzene rings is 1. The smallest absolute Gasteiger partial charge is 0.318 e. The molecule has 1 atom stereocenters. The number of urea groups is 1. The number of nitrogens with one attached hydrogen (secondary N) is 2. The third-order valence-corrected chi connectivity index (χ3v) is 5.63. The minimum atomic E-state index is -0.704. The van der Waals surface area contributed by atoms with Crippen LogP contribution < -0.4 is 15.5 Å². The van der Waals surface area contributed by atoms with Gasteiger partial charge in [0.1, 0.15) is 16.9 Å². The minimum absolute atomic E-state index is 0.270. The molecule has 0 bridgehead atoms. The van der Waals surface area contributed by atoms with E-state index in [1.807, 2.05) is 0 Å². The molecule has 1 aromatic heterocycles. The molecule has 2 heterocycles. The van der Waals surface area contributed by atoms with Crippen LogP contribution in [0, 0.1) is 11.7 Å². The van der Waals surface area contributed by atoms with Crippen molar-refractivity contribution in [1.82, 2.24) is 20.4 Å². The Morgan fingerprint density at radius 1 is 1.10 bits per heavy atom. The van der Waals surface area contributed by atoms with Crippen molar-refractivity contribution in [2.24, 2.45) is 5.92 Å². The molecule has 10 heteroatoms. The molecule has 30 heavy (non-hydrogen) atoms. The van der Waals surface area contributed by atoms with Crippen molar-refractivity contribution < 1.29 is 14.0 Å². The molecule has 1 aliphatic heterocycles. The molecule has 1 aromatic carbocycles. The zero-order valence-corrected chi connectivity index (χ0v) is 18.2. The lowest BCUT2D eigenvalue weighted by atomic mass is 10.1. The van der Waals surface area contributed by atoms with Crippen molar-refractivity contribution >= 4 is 34.1 Å². The molecule has 1 aliphatic rings. The van der Waals surface area contributed by atoms with Gasteiger partial charge in [0.2, 0.25) is 11.0 Å². The maximum atomic E-state index is 13.1. The zero-order valence-electron chi connectivity index (χ0n) is 17.4. The summed E-state index contributed by atoms with van der Waals surface area (Å²) in [5.74, 6) is -0.141. The maximum Gasteiger partial charge on any atom is 0.318 e. The molecule has 2 N–H and O–H groups in total. The van der Waals surface area contributed by atoms with Crippen LogP contribution in [-0.2, 0) is 11.2 Å². The van der Waals surface area contributed by atoms with Crippen molar-refractivity contribution in [3.8, 4) is 0 Å². The van der Waals surface area contributed by atoms with Crippen LogP contribution in [0.1, 0.15) is 25.8 Å². The quantitative estimate of drug-likeness (QED) is 0.730. The third-order valence-electron chi connectivity index (χ3n) is 4.77. The van der Waals surface area contributed by atoms with Gasteiger partial charge in [-0.2, -0.15) is 0 Å². The standard InChI is InChI=1S/C20H27FN6O2S/c1-13(2)12-17-24-25-19(30-17)23-18(28)14(3)22-20(29)27-10-8-26(9-11-27)16-6-4-15(21)5-7-16/h4-7,13-14H,8-12H2,1-3H3,(H,22,29)(H,23,25,28). The molecule has 0 aliphatic carbocycles. The number of halogens is 1. The van der Waals surface area contributed by atoms with Crippen molar-refractivity contribution in [3.05, 3.63) is 35.1 Å². The maximum absolute atomic E-state index is 13.1. The molecule has 3 amide bonds. The zero-order chi connectivity index (χ0) is 21.7. The highest BCUT2D eigenvalue weighted by Gasteiger charge is 2.24. The van der Waals surface area contributed by atoms with Gasteiger partial charge >= 0.3 is 6.03 Å². The van der Waals surface area contributed by atoms with Crippen LogP contribution in [0.25, 0.3) is 0 Å². The molecule has 3 rings (SSSR count). The number of carbonyl (C=O) groups excluding carboxylic acids is 2. The molecule has 2 aromatic rings. The number of piperazine rings is 1. The van der Waals surface area contributed by atoms with E-state index in [4.69, 9.17) is 0 Å². The largest absolute Gasteiger partial charge is 0.368 e. The average molecular weight is 435 g/mol. The molecule has 0 saturated carbocycles. The number of aromatic nitrogens is 2. The second-order valence-corrected chi connectivity index (χ2v) is 8.77. The van der Waals surface area contributed by atoms with Gasteiger partial charge in [-0.15, -0.1) is 10.2 Å². The van der Waals surface area contributed by atoms with Gasteiger partial charge in [-0.25, -0.2) is 9.18 Å². The third kappa shape index (κ3) is 5.88. The van der Waals surface area contributed by atoms with Crippen LogP contribution in [0.5, 0.6) is 0 Å². The predicted molar refractivity (Wildman–Crippen MR) is 115 cm³/mol. The second-order valence-electron chi connectivity index (χ2n) is 7.71. The molecule has 0 spiro atoms. The van der Waals surface area contributed by atoms with E-state index < -0.39 is 6.04 Å². The van der Waals surface area contributed by atoms with Gasteiger partial charge in [-0.05, 0) is 37.1 Å². The van der Waals surface area contributed by atoms with E-state index in [-0.39, 0.29) is 17.8 Å². The van der Waals surface area contributed by atoms with Gasteiger partial charge in [0.05, 0.1) is 0 Å². The fraction of sp³-hybridized carbons (Fsp3) is 0.500. The summed E-state index contributed by atoms with van der Waals surface area (Å²) in [6.07, 6.45) is 0.809. The van der Waals surface area contributed by atoms with E-state index in [1.54, 1.807) is 24.0 Å². The Morgan fingerprint density at radius 2 is 1.77 bits per heavy atom. The molecular formula is C20H27FN6O2S. The second kappa shape index (κ2) is 9.84. The number of hydrogen-bond acceptors (Lipinski definition) is 6. The topological polar surface area (TPSA) is 90.5 Å². The first-order valence-corrected chi connectivity index (χ1v) is 10.8. The number of anilines is 2. The lowest BCUT2D eigenvalue weighted by molar-refractivity contribution is -0.117. The minimum Gasteiger partial charge on any atom is -0.368 e. The number of nitrogens with zero attached hydrogens (tertiary/aromatic N) is 4. The Morgan fingerprint density at radius 3 is 2.40 bits per heavy atom. The monoisotopic (exact) mass is 434 g/mol. The first-order chi connectivity index (χ1) is 14.3. The van der Waals surface area contributed by atoms with Crippen LogP contribution in [-0.4, -0.2) is 59.3 Å². The highest BCUT2D eigenvalue weighted by atomic mass is 32.1. The summed E-state index contributed by atoms with van der Waals surface area (Å²) in [4.78, 5) is 28.7. The van der Waals surface area contributed by atoms with Crippen LogP contribution in [0.2, 0.25) is 0 Å². The van der Waals surface area contributed by atoms with Gasteiger partial charge in [0, 0.05) is 38.3 Å². The highest BCUT2D eigenvalue weighted by Crippen LogP contribution is 2.19. The lowest BCUT2D eigenvalue weighted by Gasteiger charge is -2.36. The van der Waals surface area contributed by atoms with Crippen LogP contribution >= 0.6 is 11.3 Å². The Balaban J connectivity index is 1.45. The van der Waals surface area contributed by atoms with Crippen LogP contribution in [0.15, 0.2) is 24.3 Å². The number of hydrogen-bond donors (Lipinski definition) is 2. The molecule has 0 radical (unpaired) electrons. The molecule has 162 valence electrons. The molecule has 8 nitrogen and oxygen atoms in total. The first-order valence-electron chi connectivity index (χ1n) is 10.0. The van der Waals surface area contributed by atoms with E-state index in [1.165, 1.54) is 23.5 Å². The average Bonchev–Trinajstić information content (AvgIpc) is 3.14. The van der Waals surface area contributed by atoms with Crippen LogP contribution in [0.4, 0.5) is 20.0 Å². The molecule has 1 fully saturated rings. The summed E-state index contributed by atoms with van der Waals surface area (Å²) in [6.45, 7) is 8.15. The van der Waals surface area contributed by atoms with Gasteiger partial charge < -0.3 is 15.1 Å². The van der Waals surface area contributed by atoms with Crippen LogP contribution in [0.3, 0.4) is 0 Å². The molecule has 1 saturated heterocycles. The lowest BCUT2D eigenvalue weighted by Crippen LogP contribution is -2.54. The van der Waals surface area contributed by atoms with E-state index in [0.717, 1.165) is 17.1 Å². The Bertz CT molecular complexity index is 864. The van der Waals surface area contributed by atoms with Gasteiger partial charge in [-0.3, -0.25) is 10.1 Å². The van der Waals surface area contributed by atoms with Crippen molar-refractivity contribution in [1.29, 1.82) is 0 Å². The fourth-order valence-electron chi connectivity index (χ4n) is 3.11. The summed E-state index contributed by atoms with van der Waals surface area (Å²) >= 11 is 1.35. The number of amides is 3. The first kappa shape index (κ1) is 21.9. The highest BCUT2D eigenvalue weighted by molar-refractivity contribution is 7.15. The van der Waals surface area contributed by atoms with Gasteiger partial charge in [0.15, 0.2) is 0 Å². The van der Waals surface area contributed by atoms with E-state index >= 15 is 0 Å². The van der Waals surface area contributed by atoms with E-state index in [0.29, 0.717) is 37.2 Å². The molecule has 1 unspecified atom stereocenters. The van der Waals surface area contributed by atoms with E-state index in [2.05, 4.69) is 39.6 Å². The van der Waals surface area contributed by atoms with E-state index in [9.17, 15) is 14.0 Å². The SMILES string of the molecule is CC(C)Cc1nnc(NC(=O)C(C)NC(=O)N2CCN(c3ccc(F)cc3)CC2)s1. The van der Waals surface area contributed by atoms with Gasteiger partial charge in [0.25, 0.3) is 0 Å². The summed E-state index contributed by atoms with van der Waals surface area (Å²) in [5.41, 5.74) is 0.929. The summed E-state index contributed by atoms with van der Waals surface area (Å²) in [7, 11) is 0. The van der Waals surface area contributed by atoms with Crippen molar-refractivity contribution in [3.63, 3.8) is 0 Å². The van der Waals surface area contributed by atoms with Crippen molar-refractivity contribution in [2.45, 2.75) is 33.2 Å². The number of carbonyl (C=O) groups is 2. The fourth-order valence-corrected chi connectivity index (χ4v) is 4.07. The van der Waals surface area contributed by atoms with Crippen molar-refractivity contribution in [2.75, 3.05) is 36.4 Å². The summed E-state index contributed by atoms with van der Waals surface area (Å²) in [5, 5.41) is 14.8. The Hall–Kier alpha value is -2.75. The Kier molecular flexibility index (Phi) is 7.20. The predicted octanol–water partition coefficient (Wildman–Crippen LogP) is 2.73. The summed E-state index contributed by atoms with van der Waals surface area (Å²) in [6, 6.07) is 5.34. The van der Waals surface area contributed by atoms with Gasteiger partial charge in [-0.1, -0.05) is 25.2 Å². The Labute approximate surface area is 179 Å². The number of rotatable bonds is 6. The summed E-state index contributed by atoms with van der Waals surface area (Å²) < 4.78 is 13.1. The normalized spacial score (nSPS) is 15.2.